The van der Waals surface area contributed by atoms with Gasteiger partial charge in [0.05, 0.1) is 17.3 Å². The topological polar surface area (TPSA) is 70.0 Å². The number of nitrogens with zero attached hydrogens (tertiary/aromatic N) is 1. The third kappa shape index (κ3) is 2.85. The summed E-state index contributed by atoms with van der Waals surface area (Å²) in [6.07, 6.45) is 0.641. The van der Waals surface area contributed by atoms with Crippen LogP contribution in [0.1, 0.15) is 26.3 Å². The van der Waals surface area contributed by atoms with E-state index in [1.165, 1.54) is 18.2 Å². The van der Waals surface area contributed by atoms with Gasteiger partial charge in [0.2, 0.25) is 0 Å². The van der Waals surface area contributed by atoms with Crippen molar-refractivity contribution in [2.24, 2.45) is 0 Å². The van der Waals surface area contributed by atoms with Crippen LogP contribution in [0.3, 0.4) is 0 Å². The lowest BCUT2D eigenvalue weighted by atomic mass is 10.1. The fourth-order valence-corrected chi connectivity index (χ4v) is 1.62. The highest BCUT2D eigenvalue weighted by Gasteiger charge is 2.09. The molecule has 19 heavy (non-hydrogen) atoms. The number of hydrogen-bond acceptors (Lipinski definition) is 3. The van der Waals surface area contributed by atoms with Gasteiger partial charge in [0.1, 0.15) is 0 Å². The van der Waals surface area contributed by atoms with E-state index in [0.717, 1.165) is 0 Å². The van der Waals surface area contributed by atoms with Gasteiger partial charge in [0, 0.05) is 11.1 Å². The Morgan fingerprint density at radius 2 is 1.89 bits per heavy atom. The van der Waals surface area contributed by atoms with Crippen molar-refractivity contribution in [1.29, 1.82) is 5.26 Å². The average molecular weight is 250 g/mol. The van der Waals surface area contributed by atoms with Crippen molar-refractivity contribution < 1.29 is 9.59 Å². The molecule has 0 aliphatic rings. The zero-order valence-electron chi connectivity index (χ0n) is 9.96. The maximum absolute atomic E-state index is 12.0. The summed E-state index contributed by atoms with van der Waals surface area (Å²) < 4.78 is 0. The number of nitriles is 1. The first-order chi connectivity index (χ1) is 9.24. The van der Waals surface area contributed by atoms with Crippen LogP contribution in [0.4, 0.5) is 5.69 Å². The SMILES string of the molecule is N#Cc1ccc(C=O)c(NC(=O)c2ccccc2)c1. The number of hydrogen-bond donors (Lipinski definition) is 1. The molecule has 0 saturated heterocycles. The largest absolute Gasteiger partial charge is 0.321 e. The number of anilines is 1. The summed E-state index contributed by atoms with van der Waals surface area (Å²) in [6, 6.07) is 15.1. The van der Waals surface area contributed by atoms with E-state index in [0.29, 0.717) is 28.7 Å². The third-order valence-electron chi connectivity index (χ3n) is 2.59. The van der Waals surface area contributed by atoms with Crippen molar-refractivity contribution in [3.63, 3.8) is 0 Å². The number of aldehydes is 1. The molecule has 4 nitrogen and oxygen atoms in total. The van der Waals surface area contributed by atoms with Gasteiger partial charge in [-0.15, -0.1) is 0 Å². The van der Waals surface area contributed by atoms with Crippen molar-refractivity contribution in [3.05, 3.63) is 65.2 Å². The summed E-state index contributed by atoms with van der Waals surface area (Å²) >= 11 is 0. The molecule has 2 aromatic carbocycles. The lowest BCUT2D eigenvalue weighted by Gasteiger charge is -2.07. The molecule has 0 bridgehead atoms. The smallest absolute Gasteiger partial charge is 0.255 e. The summed E-state index contributed by atoms with van der Waals surface area (Å²) in [5.74, 6) is -0.321. The van der Waals surface area contributed by atoms with E-state index < -0.39 is 0 Å². The van der Waals surface area contributed by atoms with Crippen molar-refractivity contribution in [3.8, 4) is 6.07 Å². The van der Waals surface area contributed by atoms with Crippen molar-refractivity contribution >= 4 is 17.9 Å². The summed E-state index contributed by atoms with van der Waals surface area (Å²) in [4.78, 5) is 22.9. The highest BCUT2D eigenvalue weighted by atomic mass is 16.1. The normalized spacial score (nSPS) is 9.42. The van der Waals surface area contributed by atoms with E-state index in [-0.39, 0.29) is 5.91 Å². The molecule has 0 heterocycles. The van der Waals surface area contributed by atoms with Crippen LogP contribution in [0, 0.1) is 11.3 Å². The van der Waals surface area contributed by atoms with E-state index in [2.05, 4.69) is 5.32 Å². The van der Waals surface area contributed by atoms with Gasteiger partial charge in [-0.05, 0) is 30.3 Å². The molecule has 0 atom stereocenters. The van der Waals surface area contributed by atoms with Gasteiger partial charge in [0.15, 0.2) is 6.29 Å². The van der Waals surface area contributed by atoms with Gasteiger partial charge in [-0.1, -0.05) is 18.2 Å². The van der Waals surface area contributed by atoms with E-state index >= 15 is 0 Å². The average Bonchev–Trinajstić information content (AvgIpc) is 2.48. The molecular weight excluding hydrogens is 240 g/mol. The fraction of sp³-hybridized carbons (Fsp3) is 0. The Kier molecular flexibility index (Phi) is 3.70. The van der Waals surface area contributed by atoms with Gasteiger partial charge in [-0.2, -0.15) is 5.26 Å². The Balaban J connectivity index is 2.31. The van der Waals surface area contributed by atoms with Crippen LogP contribution in [0.2, 0.25) is 0 Å². The molecule has 0 radical (unpaired) electrons. The highest BCUT2D eigenvalue weighted by molar-refractivity contribution is 6.06. The molecule has 1 N–H and O–H groups in total. The van der Waals surface area contributed by atoms with Crippen LogP contribution in [0.5, 0.6) is 0 Å². The third-order valence-corrected chi connectivity index (χ3v) is 2.59. The minimum absolute atomic E-state index is 0.321. The quantitative estimate of drug-likeness (QED) is 0.851. The standard InChI is InChI=1S/C15H10N2O2/c16-9-11-6-7-13(10-18)14(8-11)17-15(19)12-4-2-1-3-5-12/h1-8,10H,(H,17,19). The number of nitrogens with one attached hydrogen (secondary N) is 1. The minimum atomic E-state index is -0.321. The van der Waals surface area contributed by atoms with E-state index in [1.54, 1.807) is 24.3 Å². The molecule has 0 aliphatic heterocycles. The summed E-state index contributed by atoms with van der Waals surface area (Å²) in [7, 11) is 0. The molecule has 2 rings (SSSR count). The number of carbonyl (C=O) groups is 2. The molecule has 0 saturated carbocycles. The molecule has 0 aromatic heterocycles. The first-order valence-corrected chi connectivity index (χ1v) is 5.60. The number of rotatable bonds is 3. The number of carbonyl (C=O) groups excluding carboxylic acids is 2. The maximum Gasteiger partial charge on any atom is 0.255 e. The van der Waals surface area contributed by atoms with E-state index in [1.807, 2.05) is 12.1 Å². The van der Waals surface area contributed by atoms with Crippen LogP contribution < -0.4 is 5.32 Å². The molecule has 4 heteroatoms. The fourth-order valence-electron chi connectivity index (χ4n) is 1.62. The molecule has 0 aliphatic carbocycles. The van der Waals surface area contributed by atoms with Gasteiger partial charge >= 0.3 is 0 Å². The molecule has 0 fully saturated rings. The molecule has 0 spiro atoms. The molecule has 2 aromatic rings. The van der Waals surface area contributed by atoms with Gasteiger partial charge in [0.25, 0.3) is 5.91 Å². The van der Waals surface area contributed by atoms with E-state index in [4.69, 9.17) is 5.26 Å². The van der Waals surface area contributed by atoms with Gasteiger partial charge < -0.3 is 5.32 Å². The Morgan fingerprint density at radius 3 is 2.53 bits per heavy atom. The second-order valence-electron chi connectivity index (χ2n) is 3.85. The van der Waals surface area contributed by atoms with Crippen molar-refractivity contribution in [2.75, 3.05) is 5.32 Å². The molecule has 92 valence electrons. The predicted octanol–water partition coefficient (Wildman–Crippen LogP) is 2.62. The zero-order valence-corrected chi connectivity index (χ0v) is 9.96. The van der Waals surface area contributed by atoms with Gasteiger partial charge in [-0.3, -0.25) is 9.59 Å². The van der Waals surface area contributed by atoms with Crippen LogP contribution >= 0.6 is 0 Å². The Bertz CT molecular complexity index is 658. The van der Waals surface area contributed by atoms with Crippen molar-refractivity contribution in [1.82, 2.24) is 0 Å². The number of benzene rings is 2. The predicted molar refractivity (Wildman–Crippen MR) is 70.9 cm³/mol. The Morgan fingerprint density at radius 1 is 1.16 bits per heavy atom. The lowest BCUT2D eigenvalue weighted by molar-refractivity contribution is 0.102. The summed E-state index contributed by atoms with van der Waals surface area (Å²) in [6.45, 7) is 0. The molecule has 1 amide bonds. The van der Waals surface area contributed by atoms with Crippen LogP contribution in [-0.4, -0.2) is 12.2 Å². The Hall–Kier alpha value is -2.93. The Labute approximate surface area is 110 Å². The zero-order chi connectivity index (χ0) is 13.7. The van der Waals surface area contributed by atoms with Crippen LogP contribution in [0.15, 0.2) is 48.5 Å². The highest BCUT2D eigenvalue weighted by Crippen LogP contribution is 2.17. The summed E-state index contributed by atoms with van der Waals surface area (Å²) in [5.41, 5.74) is 1.54. The minimum Gasteiger partial charge on any atom is -0.321 e. The van der Waals surface area contributed by atoms with Crippen molar-refractivity contribution in [2.45, 2.75) is 0 Å². The number of amides is 1. The molecule has 0 unspecified atom stereocenters. The first-order valence-electron chi connectivity index (χ1n) is 5.60. The maximum atomic E-state index is 12.0. The lowest BCUT2D eigenvalue weighted by Crippen LogP contribution is -2.13. The summed E-state index contributed by atoms with van der Waals surface area (Å²) in [5, 5.41) is 11.5. The van der Waals surface area contributed by atoms with Crippen LogP contribution in [-0.2, 0) is 0 Å². The second-order valence-corrected chi connectivity index (χ2v) is 3.85. The van der Waals surface area contributed by atoms with Gasteiger partial charge in [-0.25, -0.2) is 0 Å². The van der Waals surface area contributed by atoms with E-state index in [9.17, 15) is 9.59 Å². The molecular formula is C15H10N2O2. The second kappa shape index (κ2) is 5.61. The first kappa shape index (κ1) is 12.5. The van der Waals surface area contributed by atoms with Crippen LogP contribution in [0.25, 0.3) is 0 Å². The monoisotopic (exact) mass is 250 g/mol.